The Morgan fingerprint density at radius 3 is 2.81 bits per heavy atom. The number of anilines is 2. The number of H-pyrrole nitrogens is 1. The Kier molecular flexibility index (Phi) is 4.61. The normalized spacial score (nSPS) is 15.5. The number of likely N-dealkylation sites (N-methyl/N-ethyl adjacent to an activating group) is 1. The van der Waals surface area contributed by atoms with Gasteiger partial charge in [0.25, 0.3) is 0 Å². The smallest absolute Gasteiger partial charge is 0.408 e. The fourth-order valence-electron chi connectivity index (χ4n) is 3.32. The number of halogens is 1. The van der Waals surface area contributed by atoms with E-state index in [1.54, 1.807) is 6.07 Å². The van der Waals surface area contributed by atoms with Gasteiger partial charge in [-0.25, -0.2) is 4.79 Å². The summed E-state index contributed by atoms with van der Waals surface area (Å²) in [5.74, 6) is -0.444. The van der Waals surface area contributed by atoms with E-state index < -0.39 is 5.76 Å². The van der Waals surface area contributed by atoms with Gasteiger partial charge >= 0.3 is 5.76 Å². The standard InChI is InChI=1S/C19H21ClN4O2/c1-23-7-9-24(10-8-23)17-4-2-3-15(20)14(17)12-21-13-5-6-18-16(11-13)22-19(25)26-18/h2-6,11,21H,7-10,12H2,1H3,(H,22,25). The molecule has 26 heavy (non-hydrogen) atoms. The van der Waals surface area contributed by atoms with Gasteiger partial charge in [-0.15, -0.1) is 0 Å². The van der Waals surface area contributed by atoms with Crippen molar-refractivity contribution in [2.45, 2.75) is 6.54 Å². The van der Waals surface area contributed by atoms with Gasteiger partial charge in [0.15, 0.2) is 5.58 Å². The van der Waals surface area contributed by atoms with E-state index in [1.807, 2.05) is 24.3 Å². The van der Waals surface area contributed by atoms with Crippen LogP contribution in [0.3, 0.4) is 0 Å². The quantitative estimate of drug-likeness (QED) is 0.736. The van der Waals surface area contributed by atoms with Crippen LogP contribution in [0.1, 0.15) is 5.56 Å². The van der Waals surface area contributed by atoms with Crippen LogP contribution in [-0.4, -0.2) is 43.1 Å². The Balaban J connectivity index is 1.56. The van der Waals surface area contributed by atoms with Crippen molar-refractivity contribution in [3.63, 3.8) is 0 Å². The number of aromatic nitrogens is 1. The number of fused-ring (bicyclic) bond motifs is 1. The lowest BCUT2D eigenvalue weighted by atomic mass is 10.1. The van der Waals surface area contributed by atoms with Crippen LogP contribution in [0.15, 0.2) is 45.6 Å². The maximum atomic E-state index is 11.3. The molecule has 0 aliphatic carbocycles. The molecule has 136 valence electrons. The average Bonchev–Trinajstić information content (AvgIpc) is 3.00. The molecule has 0 bridgehead atoms. The second-order valence-electron chi connectivity index (χ2n) is 6.61. The van der Waals surface area contributed by atoms with Crippen molar-refractivity contribution >= 4 is 34.1 Å². The molecule has 3 aromatic rings. The molecule has 0 saturated carbocycles. The molecule has 4 rings (SSSR count). The molecule has 1 aliphatic rings. The molecule has 7 heteroatoms. The van der Waals surface area contributed by atoms with Gasteiger partial charge in [-0.1, -0.05) is 17.7 Å². The van der Waals surface area contributed by atoms with Gasteiger partial charge in [0.2, 0.25) is 0 Å². The second-order valence-corrected chi connectivity index (χ2v) is 7.01. The topological polar surface area (TPSA) is 64.5 Å². The molecule has 0 atom stereocenters. The summed E-state index contributed by atoms with van der Waals surface area (Å²) in [5.41, 5.74) is 4.39. The number of rotatable bonds is 4. The van der Waals surface area contributed by atoms with E-state index in [2.05, 4.69) is 33.2 Å². The molecule has 2 aromatic carbocycles. The monoisotopic (exact) mass is 372 g/mol. The summed E-state index contributed by atoms with van der Waals surface area (Å²) in [6.07, 6.45) is 0. The summed E-state index contributed by atoms with van der Waals surface area (Å²) in [4.78, 5) is 18.7. The lowest BCUT2D eigenvalue weighted by molar-refractivity contribution is 0.312. The minimum absolute atomic E-state index is 0.444. The number of benzene rings is 2. The number of piperazine rings is 1. The molecular weight excluding hydrogens is 352 g/mol. The van der Waals surface area contributed by atoms with Crippen molar-refractivity contribution in [1.29, 1.82) is 0 Å². The van der Waals surface area contributed by atoms with Crippen LogP contribution in [0.5, 0.6) is 0 Å². The second kappa shape index (κ2) is 7.05. The largest absolute Gasteiger partial charge is 0.417 e. The van der Waals surface area contributed by atoms with Crippen molar-refractivity contribution in [2.75, 3.05) is 43.4 Å². The fraction of sp³-hybridized carbons (Fsp3) is 0.316. The van der Waals surface area contributed by atoms with E-state index in [4.69, 9.17) is 16.0 Å². The van der Waals surface area contributed by atoms with Crippen LogP contribution >= 0.6 is 11.6 Å². The highest BCUT2D eigenvalue weighted by molar-refractivity contribution is 6.31. The molecule has 1 aromatic heterocycles. The average molecular weight is 373 g/mol. The summed E-state index contributed by atoms with van der Waals surface area (Å²) >= 11 is 6.50. The van der Waals surface area contributed by atoms with E-state index in [0.717, 1.165) is 42.5 Å². The lowest BCUT2D eigenvalue weighted by Gasteiger charge is -2.35. The van der Waals surface area contributed by atoms with Crippen molar-refractivity contribution in [3.05, 3.63) is 57.5 Å². The summed E-state index contributed by atoms with van der Waals surface area (Å²) < 4.78 is 5.04. The van der Waals surface area contributed by atoms with Crippen molar-refractivity contribution in [3.8, 4) is 0 Å². The molecule has 1 fully saturated rings. The van der Waals surface area contributed by atoms with Crippen LogP contribution in [0.25, 0.3) is 11.1 Å². The number of oxazole rings is 1. The molecule has 6 nitrogen and oxygen atoms in total. The summed E-state index contributed by atoms with van der Waals surface area (Å²) in [7, 11) is 2.15. The van der Waals surface area contributed by atoms with Crippen molar-refractivity contribution < 1.29 is 4.42 Å². The molecule has 1 aliphatic heterocycles. The first-order valence-electron chi connectivity index (χ1n) is 8.68. The molecule has 2 N–H and O–H groups in total. The van der Waals surface area contributed by atoms with Gasteiger partial charge in [0.1, 0.15) is 0 Å². The van der Waals surface area contributed by atoms with Gasteiger partial charge < -0.3 is 19.5 Å². The number of hydrogen-bond donors (Lipinski definition) is 2. The van der Waals surface area contributed by atoms with Gasteiger partial charge in [0.05, 0.1) is 5.52 Å². The molecule has 0 unspecified atom stereocenters. The number of hydrogen-bond acceptors (Lipinski definition) is 5. The van der Waals surface area contributed by atoms with Gasteiger partial charge in [-0.2, -0.15) is 0 Å². The number of aromatic amines is 1. The maximum Gasteiger partial charge on any atom is 0.417 e. The molecular formula is C19H21ClN4O2. The molecule has 1 saturated heterocycles. The fourth-order valence-corrected chi connectivity index (χ4v) is 3.55. The minimum atomic E-state index is -0.444. The molecule has 0 amide bonds. The highest BCUT2D eigenvalue weighted by Gasteiger charge is 2.18. The van der Waals surface area contributed by atoms with Crippen molar-refractivity contribution in [2.24, 2.45) is 0 Å². The predicted molar refractivity (Wildman–Crippen MR) is 105 cm³/mol. The third kappa shape index (κ3) is 3.43. The Morgan fingerprint density at radius 1 is 1.19 bits per heavy atom. The van der Waals surface area contributed by atoms with Crippen molar-refractivity contribution in [1.82, 2.24) is 9.88 Å². The van der Waals surface area contributed by atoms with Gasteiger partial charge in [0, 0.05) is 54.7 Å². The van der Waals surface area contributed by atoms with E-state index in [0.29, 0.717) is 17.6 Å². The van der Waals surface area contributed by atoms with Crippen LogP contribution < -0.4 is 16.0 Å². The first-order valence-corrected chi connectivity index (χ1v) is 9.05. The Bertz CT molecular complexity index is 973. The zero-order chi connectivity index (χ0) is 18.1. The highest BCUT2D eigenvalue weighted by Crippen LogP contribution is 2.29. The third-order valence-electron chi connectivity index (χ3n) is 4.83. The van der Waals surface area contributed by atoms with Crippen LogP contribution in [0, 0.1) is 0 Å². The number of nitrogens with one attached hydrogen (secondary N) is 2. The van der Waals surface area contributed by atoms with Crippen LogP contribution in [-0.2, 0) is 6.54 Å². The summed E-state index contributed by atoms with van der Waals surface area (Å²) in [6, 6.07) is 11.6. The first-order chi connectivity index (χ1) is 12.6. The van der Waals surface area contributed by atoms with E-state index in [1.165, 1.54) is 5.69 Å². The Morgan fingerprint density at radius 2 is 2.00 bits per heavy atom. The van der Waals surface area contributed by atoms with Gasteiger partial charge in [-0.3, -0.25) is 4.98 Å². The van der Waals surface area contributed by atoms with E-state index in [-0.39, 0.29) is 0 Å². The van der Waals surface area contributed by atoms with Crippen LogP contribution in [0.4, 0.5) is 11.4 Å². The number of nitrogens with zero attached hydrogens (tertiary/aromatic N) is 2. The van der Waals surface area contributed by atoms with E-state index in [9.17, 15) is 4.79 Å². The first kappa shape index (κ1) is 17.0. The zero-order valence-corrected chi connectivity index (χ0v) is 15.3. The van der Waals surface area contributed by atoms with Gasteiger partial charge in [-0.05, 0) is 37.4 Å². The lowest BCUT2D eigenvalue weighted by Crippen LogP contribution is -2.44. The Hall–Kier alpha value is -2.44. The molecule has 0 spiro atoms. The van der Waals surface area contributed by atoms with E-state index >= 15 is 0 Å². The maximum absolute atomic E-state index is 11.3. The Labute approximate surface area is 156 Å². The zero-order valence-electron chi connectivity index (χ0n) is 14.6. The third-order valence-corrected chi connectivity index (χ3v) is 5.18. The predicted octanol–water partition coefficient (Wildman–Crippen LogP) is 3.14. The SMILES string of the molecule is CN1CCN(c2cccc(Cl)c2CNc2ccc3oc(=O)[nH]c3c2)CC1. The highest BCUT2D eigenvalue weighted by atomic mass is 35.5. The summed E-state index contributed by atoms with van der Waals surface area (Å²) in [5, 5.41) is 4.16. The molecule has 0 radical (unpaired) electrons. The van der Waals surface area contributed by atoms with Crippen LogP contribution in [0.2, 0.25) is 5.02 Å². The summed E-state index contributed by atoms with van der Waals surface area (Å²) in [6.45, 7) is 4.68. The molecule has 2 heterocycles. The minimum Gasteiger partial charge on any atom is -0.408 e.